The van der Waals surface area contributed by atoms with E-state index in [9.17, 15) is 9.59 Å². The zero-order valence-corrected chi connectivity index (χ0v) is 16.0. The maximum Gasteiger partial charge on any atom is 0.259 e. The molecule has 30 heavy (non-hydrogen) atoms. The molecule has 0 spiro atoms. The highest BCUT2D eigenvalue weighted by Gasteiger charge is 2.33. The predicted molar refractivity (Wildman–Crippen MR) is 121 cm³/mol. The van der Waals surface area contributed by atoms with E-state index in [1.807, 2.05) is 48.5 Å². The van der Waals surface area contributed by atoms with E-state index in [1.54, 1.807) is 6.08 Å². The van der Waals surface area contributed by atoms with E-state index in [0.29, 0.717) is 16.7 Å². The van der Waals surface area contributed by atoms with Gasteiger partial charge in [0.1, 0.15) is 0 Å². The fourth-order valence-corrected chi connectivity index (χ4v) is 4.73. The first-order chi connectivity index (χ1) is 14.7. The molecular weight excluding hydrogens is 372 g/mol. The van der Waals surface area contributed by atoms with Crippen molar-refractivity contribution >= 4 is 50.5 Å². The number of imide groups is 1. The Hall–Kier alpha value is -4.18. The van der Waals surface area contributed by atoms with Crippen molar-refractivity contribution in [2.45, 2.75) is 0 Å². The van der Waals surface area contributed by atoms with Gasteiger partial charge in [-0.05, 0) is 28.0 Å². The second-order valence-electron chi connectivity index (χ2n) is 7.47. The summed E-state index contributed by atoms with van der Waals surface area (Å²) in [5.41, 5.74) is 5.44. The lowest BCUT2D eigenvalue weighted by atomic mass is 9.86. The van der Waals surface area contributed by atoms with Gasteiger partial charge in [0.15, 0.2) is 0 Å². The number of carbonyl (C=O) groups is 2. The third kappa shape index (κ3) is 2.05. The van der Waals surface area contributed by atoms with E-state index < -0.39 is 0 Å². The van der Waals surface area contributed by atoms with E-state index in [1.165, 1.54) is 0 Å². The van der Waals surface area contributed by atoms with Crippen molar-refractivity contribution in [3.63, 3.8) is 0 Å². The number of amides is 2. The van der Waals surface area contributed by atoms with Crippen LogP contribution in [-0.4, -0.2) is 16.8 Å². The van der Waals surface area contributed by atoms with Crippen LogP contribution in [0.2, 0.25) is 0 Å². The molecule has 0 unspecified atom stereocenters. The molecule has 2 heterocycles. The third-order valence-corrected chi connectivity index (χ3v) is 5.95. The summed E-state index contributed by atoms with van der Waals surface area (Å²) in [6, 6.07) is 22.1. The minimum Gasteiger partial charge on any atom is -0.354 e. The van der Waals surface area contributed by atoms with E-state index in [4.69, 9.17) is 0 Å². The zero-order valence-electron chi connectivity index (χ0n) is 16.0. The van der Waals surface area contributed by atoms with E-state index in [2.05, 4.69) is 35.1 Å². The number of hydrogen-bond donors (Lipinski definition) is 2. The Balaban J connectivity index is 1.84. The van der Waals surface area contributed by atoms with Crippen LogP contribution in [0, 0.1) is 0 Å². The van der Waals surface area contributed by atoms with Gasteiger partial charge in [-0.15, -0.1) is 0 Å². The standard InChI is InChI=1S/C26H16N2O2/c1-2-14-21(16-9-3-4-10-17(16)23-22(14)25(29)28-26(23)30)19-12-7-11-18-15-8-5-6-13-20(15)27-24(18)19/h2-13,27H,1H2,(H,28,29,30). The first-order valence-corrected chi connectivity index (χ1v) is 9.75. The van der Waals surface area contributed by atoms with Crippen LogP contribution in [0.25, 0.3) is 49.8 Å². The molecule has 0 aliphatic carbocycles. The van der Waals surface area contributed by atoms with Crippen molar-refractivity contribution in [2.75, 3.05) is 0 Å². The van der Waals surface area contributed by atoms with Crippen molar-refractivity contribution < 1.29 is 9.59 Å². The molecule has 0 radical (unpaired) electrons. The van der Waals surface area contributed by atoms with E-state index >= 15 is 0 Å². The maximum atomic E-state index is 12.7. The summed E-state index contributed by atoms with van der Waals surface area (Å²) in [6.07, 6.45) is 1.68. The number of fused-ring (bicyclic) bond motifs is 6. The maximum absolute atomic E-state index is 12.7. The lowest BCUT2D eigenvalue weighted by Gasteiger charge is -2.16. The SMILES string of the molecule is C=Cc1c2c(c3ccccc3c1-c1cccc3c1[nH]c1ccccc13)C(=O)NC2=O. The first-order valence-electron chi connectivity index (χ1n) is 9.75. The number of rotatable bonds is 2. The molecule has 0 saturated heterocycles. The van der Waals surface area contributed by atoms with Crippen LogP contribution in [0.1, 0.15) is 26.3 Å². The van der Waals surface area contributed by atoms with Crippen molar-refractivity contribution in [3.8, 4) is 11.1 Å². The summed E-state index contributed by atoms with van der Waals surface area (Å²) >= 11 is 0. The summed E-state index contributed by atoms with van der Waals surface area (Å²) in [7, 11) is 0. The zero-order chi connectivity index (χ0) is 20.4. The van der Waals surface area contributed by atoms with Gasteiger partial charge >= 0.3 is 0 Å². The van der Waals surface area contributed by atoms with Crippen molar-refractivity contribution in [2.24, 2.45) is 0 Å². The molecule has 0 bridgehead atoms. The molecule has 142 valence electrons. The van der Waals surface area contributed by atoms with Crippen molar-refractivity contribution in [1.29, 1.82) is 0 Å². The molecule has 1 aliphatic heterocycles. The van der Waals surface area contributed by atoms with Crippen LogP contribution in [0.4, 0.5) is 0 Å². The molecule has 0 fully saturated rings. The van der Waals surface area contributed by atoms with Gasteiger partial charge in [-0.25, -0.2) is 0 Å². The van der Waals surface area contributed by atoms with Gasteiger partial charge in [-0.3, -0.25) is 14.9 Å². The molecular formula is C26H16N2O2. The number of carbonyl (C=O) groups excluding carboxylic acids is 2. The monoisotopic (exact) mass is 388 g/mol. The van der Waals surface area contributed by atoms with E-state index in [-0.39, 0.29) is 11.8 Å². The molecule has 2 amide bonds. The minimum atomic E-state index is -0.374. The molecule has 2 N–H and O–H groups in total. The van der Waals surface area contributed by atoms with Gasteiger partial charge < -0.3 is 4.98 Å². The molecule has 1 aliphatic rings. The average Bonchev–Trinajstić information content (AvgIpc) is 3.30. The predicted octanol–water partition coefficient (Wildman–Crippen LogP) is 5.67. The topological polar surface area (TPSA) is 62.0 Å². The highest BCUT2D eigenvalue weighted by Crippen LogP contribution is 2.43. The van der Waals surface area contributed by atoms with Gasteiger partial charge in [-0.1, -0.05) is 73.3 Å². The molecule has 4 nitrogen and oxygen atoms in total. The summed E-state index contributed by atoms with van der Waals surface area (Å²) in [6.45, 7) is 3.98. The van der Waals surface area contributed by atoms with Gasteiger partial charge in [0, 0.05) is 21.9 Å². The first kappa shape index (κ1) is 16.7. The van der Waals surface area contributed by atoms with Gasteiger partial charge in [0.05, 0.1) is 16.6 Å². The Kier molecular flexibility index (Phi) is 3.30. The molecule has 6 rings (SSSR count). The number of aromatic nitrogens is 1. The van der Waals surface area contributed by atoms with Crippen molar-refractivity contribution in [3.05, 3.63) is 90.0 Å². The molecule has 5 aromatic rings. The van der Waals surface area contributed by atoms with Crippen LogP contribution >= 0.6 is 0 Å². The molecule has 0 atom stereocenters. The van der Waals surface area contributed by atoms with Gasteiger partial charge in [0.2, 0.25) is 0 Å². The molecule has 4 heteroatoms. The summed E-state index contributed by atoms with van der Waals surface area (Å²) < 4.78 is 0. The quantitative estimate of drug-likeness (QED) is 0.383. The fourth-order valence-electron chi connectivity index (χ4n) is 4.73. The number of benzene rings is 4. The number of aromatic amines is 1. The second-order valence-corrected chi connectivity index (χ2v) is 7.47. The average molecular weight is 388 g/mol. The molecule has 4 aromatic carbocycles. The Labute approximate surface area is 171 Å². The molecule has 1 aromatic heterocycles. The Morgan fingerprint density at radius 1 is 0.667 bits per heavy atom. The number of hydrogen-bond acceptors (Lipinski definition) is 2. The van der Waals surface area contributed by atoms with Crippen LogP contribution in [0.5, 0.6) is 0 Å². The normalized spacial score (nSPS) is 13.2. The van der Waals surface area contributed by atoms with E-state index in [0.717, 1.165) is 43.7 Å². The largest absolute Gasteiger partial charge is 0.354 e. The highest BCUT2D eigenvalue weighted by atomic mass is 16.2. The van der Waals surface area contributed by atoms with Crippen LogP contribution in [0.15, 0.2) is 73.3 Å². The Morgan fingerprint density at radius 3 is 2.07 bits per heavy atom. The highest BCUT2D eigenvalue weighted by molar-refractivity contribution is 6.30. The fraction of sp³-hybridized carbons (Fsp3) is 0. The smallest absolute Gasteiger partial charge is 0.259 e. The summed E-state index contributed by atoms with van der Waals surface area (Å²) in [5, 5.41) is 6.40. The number of H-pyrrole nitrogens is 1. The van der Waals surface area contributed by atoms with Gasteiger partial charge in [-0.2, -0.15) is 0 Å². The van der Waals surface area contributed by atoms with Crippen LogP contribution < -0.4 is 5.32 Å². The summed E-state index contributed by atoms with van der Waals surface area (Å²) in [4.78, 5) is 28.8. The molecule has 0 saturated carbocycles. The Morgan fingerprint density at radius 2 is 1.30 bits per heavy atom. The number of nitrogens with one attached hydrogen (secondary N) is 2. The van der Waals surface area contributed by atoms with Gasteiger partial charge in [0.25, 0.3) is 11.8 Å². The third-order valence-electron chi connectivity index (χ3n) is 5.95. The lowest BCUT2D eigenvalue weighted by molar-refractivity contribution is 0.0880. The van der Waals surface area contributed by atoms with Crippen LogP contribution in [0.3, 0.4) is 0 Å². The van der Waals surface area contributed by atoms with Crippen molar-refractivity contribution in [1.82, 2.24) is 10.3 Å². The summed E-state index contributed by atoms with van der Waals surface area (Å²) in [5.74, 6) is -0.731. The lowest BCUT2D eigenvalue weighted by Crippen LogP contribution is -2.20. The Bertz CT molecular complexity index is 1570. The second kappa shape index (κ2) is 5.91. The number of para-hydroxylation sites is 2. The minimum absolute atomic E-state index is 0.357. The van der Waals surface area contributed by atoms with Crippen LogP contribution in [-0.2, 0) is 0 Å².